The largest absolute Gasteiger partial charge is 1.00 e. The maximum Gasteiger partial charge on any atom is 1.00 e. The van der Waals surface area contributed by atoms with Crippen molar-refractivity contribution in [2.45, 2.75) is 272 Å². The number of aliphatic hydroxyl groups is 11. The van der Waals surface area contributed by atoms with Crippen LogP contribution in [0.2, 0.25) is 0 Å². The van der Waals surface area contributed by atoms with E-state index in [2.05, 4.69) is 38.0 Å². The van der Waals surface area contributed by atoms with Gasteiger partial charge < -0.3 is 127 Å². The second kappa shape index (κ2) is 30.0. The zero-order chi connectivity index (χ0) is 67.4. The van der Waals surface area contributed by atoms with Crippen molar-refractivity contribution < 1.29 is 209 Å². The quantitative estimate of drug-likeness (QED) is 0.0177. The van der Waals surface area contributed by atoms with E-state index in [1.54, 1.807) is 0 Å². The summed E-state index contributed by atoms with van der Waals surface area (Å²) < 4.78 is 110. The van der Waals surface area contributed by atoms with Crippen LogP contribution in [-0.2, 0) is 85.8 Å². The van der Waals surface area contributed by atoms with Gasteiger partial charge in [0.05, 0.1) is 43.4 Å². The number of carboxylic acids is 1. The molecule has 6 aliphatic heterocycles. The fourth-order valence-electron chi connectivity index (χ4n) is 17.7. The molecule has 31 nitrogen and oxygen atoms in total. The summed E-state index contributed by atoms with van der Waals surface area (Å²) in [7, 11) is -4.30. The molecule has 6 saturated heterocycles. The maximum absolute atomic E-state index is 14.5. The molecule has 10 rings (SSSR count). The third-order valence-electron chi connectivity index (χ3n) is 22.4. The molecule has 0 aromatic carbocycles. The van der Waals surface area contributed by atoms with Gasteiger partial charge in [0, 0.05) is 31.3 Å². The van der Waals surface area contributed by atoms with Crippen LogP contribution in [0.15, 0.2) is 11.6 Å². The van der Waals surface area contributed by atoms with Gasteiger partial charge in [0.2, 0.25) is 10.4 Å². The Balaban J connectivity index is 0.00000567. The molecule has 0 radical (unpaired) electrons. The normalized spacial score (nSPS) is 49.2. The van der Waals surface area contributed by atoms with Crippen LogP contribution in [0, 0.1) is 45.3 Å². The molecule has 10 aliphatic rings. The van der Waals surface area contributed by atoms with Crippen molar-refractivity contribution in [1.29, 1.82) is 0 Å². The summed E-state index contributed by atoms with van der Waals surface area (Å²) in [4.78, 5) is 39.7. The van der Waals surface area contributed by atoms with Crippen LogP contribution >= 0.6 is 0 Å². The number of aliphatic hydroxyl groups excluding tert-OH is 11. The first-order chi connectivity index (χ1) is 43.0. The van der Waals surface area contributed by atoms with Gasteiger partial charge >= 0.3 is 65.1 Å². The molecule has 1 spiro atoms. The number of hydrogen-bond donors (Lipinski definition) is 11. The zero-order valence-electron chi connectivity index (χ0n) is 54.8. The fourth-order valence-corrected chi connectivity index (χ4v) is 18.0. The predicted octanol–water partition coefficient (Wildman–Crippen LogP) is -10.1. The summed E-state index contributed by atoms with van der Waals surface area (Å²) in [6.07, 6.45) is -38.3. The number of allylic oxidation sites excluding steroid dienone is 2. The minimum Gasteiger partial charge on any atom is -0.726 e. The van der Waals surface area contributed by atoms with E-state index in [1.165, 1.54) is 12.5 Å². The minimum atomic E-state index is -5.34. The molecule has 4 aliphatic carbocycles. The first-order valence-corrected chi connectivity index (χ1v) is 33.0. The Morgan fingerprint density at radius 1 is 0.670 bits per heavy atom. The number of carbonyl (C=O) groups excluding carboxylic acids is 3. The second-order valence-electron chi connectivity index (χ2n) is 28.6. The molecule has 0 bridgehead atoms. The number of aliphatic carboxylic acids is 1. The van der Waals surface area contributed by atoms with Crippen LogP contribution in [0.4, 0.5) is 0 Å². The Kier molecular flexibility index (Phi) is 25.2. The molecule has 11 N–H and O–H groups in total. The third kappa shape index (κ3) is 14.3. The van der Waals surface area contributed by atoms with Gasteiger partial charge in [0.1, 0.15) is 121 Å². The van der Waals surface area contributed by atoms with Crippen LogP contribution < -0.4 is 64.2 Å². The summed E-state index contributed by atoms with van der Waals surface area (Å²) in [5.74, 6) is -2.02. The standard InChI is InChI=1S/C60H94O31S.2Na/c1-23(2)18-25(62)19-59(8)32-13-16-58(7)27-10-11-31-56(4,5)33(14-15-57(31,6)26(27)12-17-60(32,58)55(75)91-59)86-54-48(36(65)29(21-80-54)84-51-39(68)37(66)34(63)30(85-51)22-81-92(76,77)78)90-50-40(69)38(67)44(24(3)82-50)87-52-43(72)46(35(64)28(20-61)83-52)88-53-42(71)45(79-9)41(70)47(89-53)49(73)74;;/h10,23-24,26,28-48,50-54,61,63-72H,11-22H2,1-9H3,(H,73,74)(H,76,77,78);;/q;2*+1/p-2/t24-,26-,28-,29-,30-,31+,32-,33+,34-,35-,36+,37+,38-,39-,40-,41+,42-,43-,44-,45+,46+,47+,48-,50+,51-,52+,53-,54+,57-,58+,59+,60-;;/m1../s1. The van der Waals surface area contributed by atoms with Crippen molar-refractivity contribution in [3.8, 4) is 0 Å². The van der Waals surface area contributed by atoms with Gasteiger partial charge in [-0.2, -0.15) is 0 Å². The van der Waals surface area contributed by atoms with Crippen LogP contribution in [0.5, 0.6) is 0 Å². The average molecular weight is 1390 g/mol. The molecule has 32 atom stereocenters. The Morgan fingerprint density at radius 2 is 1.28 bits per heavy atom. The van der Waals surface area contributed by atoms with E-state index in [-0.39, 0.29) is 106 Å². The van der Waals surface area contributed by atoms with Gasteiger partial charge in [-0.3, -0.25) is 13.8 Å². The summed E-state index contributed by atoms with van der Waals surface area (Å²) in [5.41, 5.74) is -1.98. The van der Waals surface area contributed by atoms with Crippen LogP contribution in [0.25, 0.3) is 0 Å². The Hall–Kier alpha value is -0.660. The third-order valence-corrected chi connectivity index (χ3v) is 22.8. The number of cyclic esters (lactones) is 1. The Bertz CT molecular complexity index is 2810. The molecular formula is C60H92Na2O31S. The molecule has 0 unspecified atom stereocenters. The molecule has 34 heteroatoms. The van der Waals surface area contributed by atoms with Gasteiger partial charge in [-0.1, -0.05) is 53.2 Å². The predicted molar refractivity (Wildman–Crippen MR) is 300 cm³/mol. The van der Waals surface area contributed by atoms with Crippen molar-refractivity contribution in [2.24, 2.45) is 45.3 Å². The van der Waals surface area contributed by atoms with Gasteiger partial charge in [-0.15, -0.1) is 0 Å². The van der Waals surface area contributed by atoms with Crippen LogP contribution in [0.3, 0.4) is 0 Å². The topological polar surface area (TPSA) is 474 Å². The minimum absolute atomic E-state index is 0. The Morgan fingerprint density at radius 3 is 1.91 bits per heavy atom. The van der Waals surface area contributed by atoms with Gasteiger partial charge in [-0.05, 0) is 87.4 Å². The van der Waals surface area contributed by atoms with E-state index in [4.69, 9.17) is 56.8 Å². The number of carboxylic acid groups (broad SMARTS) is 1. The van der Waals surface area contributed by atoms with E-state index < -0.39 is 212 Å². The number of carbonyl (C=O) groups is 3. The zero-order valence-corrected chi connectivity index (χ0v) is 59.6. The van der Waals surface area contributed by atoms with Gasteiger partial charge in [-0.25, -0.2) is 8.42 Å². The first-order valence-electron chi connectivity index (χ1n) is 31.7. The molecular weight excluding hydrogens is 1290 g/mol. The molecule has 0 aromatic heterocycles. The second-order valence-corrected chi connectivity index (χ2v) is 29.7. The van der Waals surface area contributed by atoms with E-state index >= 15 is 0 Å². The fraction of sp³-hybridized carbons (Fsp3) is 0.917. The summed E-state index contributed by atoms with van der Waals surface area (Å²) in [6, 6.07) is 0. The molecule has 3 saturated carbocycles. The number of Topliss-reactive ketones (excluding diaryl/α,β-unsaturated/α-hetero) is 1. The van der Waals surface area contributed by atoms with E-state index in [0.29, 0.717) is 38.5 Å². The van der Waals surface area contributed by atoms with Crippen molar-refractivity contribution >= 4 is 28.1 Å². The molecule has 0 amide bonds. The van der Waals surface area contributed by atoms with E-state index in [0.717, 1.165) is 20.0 Å². The molecule has 94 heavy (non-hydrogen) atoms. The van der Waals surface area contributed by atoms with Crippen molar-refractivity contribution in [1.82, 2.24) is 0 Å². The molecule has 6 heterocycles. The number of fused-ring (bicyclic) bond motifs is 4. The monoisotopic (exact) mass is 1390 g/mol. The van der Waals surface area contributed by atoms with E-state index in [1.807, 2.05) is 20.8 Å². The van der Waals surface area contributed by atoms with Crippen LogP contribution in [-0.4, -0.2) is 273 Å². The molecule has 9 fully saturated rings. The van der Waals surface area contributed by atoms with Crippen molar-refractivity contribution in [2.75, 3.05) is 26.9 Å². The summed E-state index contributed by atoms with van der Waals surface area (Å²) >= 11 is 0. The van der Waals surface area contributed by atoms with Gasteiger partial charge in [0.15, 0.2) is 31.5 Å². The molecule has 0 aromatic rings. The number of methoxy groups -OCH3 is 1. The summed E-state index contributed by atoms with van der Waals surface area (Å²) in [6.45, 7) is 13.3. The SMILES string of the molecule is CO[C@@H]1[C@@H](O)[C@H](O[C@@H]2[C@@H](O)[C@H](O[C@H]3[C@H](O)[C@@H](O)[C@H](O[C@H]4[C@H](O[C@H]5CC[C@]6(C)[C@@H]7CC[C@]89C(=O)O[C@@](C)(CC(=O)CC(C)C)[C@H]8CC[C@@]9(C)C7=CC[C@H]6C5(C)C)OC[C@@H](O[C@@H]5O[C@H](COS(=O)(=O)[O-])[C@@H](O)[C@H](O)[C@H]5O)[C@@H]4O)O[C@@H]3C)O[C@H](CO)[C@H]2O)O[C@H](C(=O)[O-])[C@H]1O.[Na+].[Na+]. The number of ketones is 1. The van der Waals surface area contributed by atoms with Crippen molar-refractivity contribution in [3.63, 3.8) is 0 Å². The average Bonchev–Trinajstić information content (AvgIpc) is 1.46. The van der Waals surface area contributed by atoms with Gasteiger partial charge in [0.25, 0.3) is 0 Å². The maximum atomic E-state index is 14.5. The summed E-state index contributed by atoms with van der Waals surface area (Å²) in [5, 5.41) is 135. The molecule has 526 valence electrons. The Labute approximate surface area is 589 Å². The van der Waals surface area contributed by atoms with E-state index in [9.17, 15) is 88.6 Å². The number of esters is 1. The number of rotatable bonds is 20. The van der Waals surface area contributed by atoms with Crippen molar-refractivity contribution in [3.05, 3.63) is 11.6 Å². The number of ether oxygens (including phenoxy) is 12. The number of hydrogen-bond acceptors (Lipinski definition) is 31. The first kappa shape index (κ1) is 79.0. The van der Waals surface area contributed by atoms with Crippen LogP contribution in [0.1, 0.15) is 113 Å². The smallest absolute Gasteiger partial charge is 0.726 e.